The van der Waals surface area contributed by atoms with Crippen molar-refractivity contribution in [2.75, 3.05) is 25.5 Å². The molecule has 2 saturated heterocycles. The third-order valence-corrected chi connectivity index (χ3v) is 5.57. The van der Waals surface area contributed by atoms with Crippen LogP contribution in [0.15, 0.2) is 0 Å². The van der Waals surface area contributed by atoms with Gasteiger partial charge in [0.15, 0.2) is 0 Å². The SMILES string of the molecule is CCNC(CC1CCOCC1)C1CCCCS1. The van der Waals surface area contributed by atoms with Crippen LogP contribution in [0.4, 0.5) is 0 Å². The lowest BCUT2D eigenvalue weighted by atomic mass is 9.90. The molecule has 0 amide bonds. The van der Waals surface area contributed by atoms with Gasteiger partial charge in [0.2, 0.25) is 0 Å². The first-order chi connectivity index (χ1) is 8.40. The predicted octanol–water partition coefficient (Wildman–Crippen LogP) is 3.07. The zero-order chi connectivity index (χ0) is 11.9. The summed E-state index contributed by atoms with van der Waals surface area (Å²) in [6, 6.07) is 0.744. The van der Waals surface area contributed by atoms with E-state index in [9.17, 15) is 0 Å². The van der Waals surface area contributed by atoms with Gasteiger partial charge in [-0.3, -0.25) is 0 Å². The van der Waals surface area contributed by atoms with Crippen LogP contribution < -0.4 is 5.32 Å². The van der Waals surface area contributed by atoms with Gasteiger partial charge in [-0.25, -0.2) is 0 Å². The van der Waals surface area contributed by atoms with Crippen molar-refractivity contribution in [3.05, 3.63) is 0 Å². The van der Waals surface area contributed by atoms with Gasteiger partial charge in [0.05, 0.1) is 0 Å². The number of hydrogen-bond donors (Lipinski definition) is 1. The molecular formula is C14H27NOS. The van der Waals surface area contributed by atoms with Crippen molar-refractivity contribution in [2.45, 2.75) is 56.7 Å². The summed E-state index contributed by atoms with van der Waals surface area (Å²) in [7, 11) is 0. The van der Waals surface area contributed by atoms with Crippen LogP contribution in [0.1, 0.15) is 45.4 Å². The van der Waals surface area contributed by atoms with Crippen molar-refractivity contribution in [2.24, 2.45) is 5.92 Å². The van der Waals surface area contributed by atoms with E-state index < -0.39 is 0 Å². The Morgan fingerprint density at radius 3 is 2.71 bits per heavy atom. The van der Waals surface area contributed by atoms with Crippen LogP contribution in [0.5, 0.6) is 0 Å². The minimum atomic E-state index is 0.744. The summed E-state index contributed by atoms with van der Waals surface area (Å²) in [6.45, 7) is 5.33. The van der Waals surface area contributed by atoms with Crippen molar-refractivity contribution in [1.82, 2.24) is 5.32 Å². The molecule has 17 heavy (non-hydrogen) atoms. The van der Waals surface area contributed by atoms with E-state index in [1.54, 1.807) is 0 Å². The Balaban J connectivity index is 1.81. The maximum atomic E-state index is 5.46. The van der Waals surface area contributed by atoms with E-state index in [1.165, 1.54) is 44.3 Å². The van der Waals surface area contributed by atoms with Gasteiger partial charge in [0.25, 0.3) is 0 Å². The molecule has 2 aliphatic heterocycles. The maximum absolute atomic E-state index is 5.46. The van der Waals surface area contributed by atoms with Crippen LogP contribution in [0.3, 0.4) is 0 Å². The Labute approximate surface area is 110 Å². The summed E-state index contributed by atoms with van der Waals surface area (Å²) in [5, 5.41) is 4.61. The quantitative estimate of drug-likeness (QED) is 0.818. The molecule has 2 unspecified atom stereocenters. The summed E-state index contributed by atoms with van der Waals surface area (Å²) in [5.41, 5.74) is 0. The van der Waals surface area contributed by atoms with Crippen LogP contribution in [0.2, 0.25) is 0 Å². The molecule has 1 N–H and O–H groups in total. The van der Waals surface area contributed by atoms with Gasteiger partial charge in [0.1, 0.15) is 0 Å². The highest BCUT2D eigenvalue weighted by Crippen LogP contribution is 2.31. The molecule has 2 heterocycles. The average Bonchev–Trinajstić information content (AvgIpc) is 2.40. The van der Waals surface area contributed by atoms with Gasteiger partial charge >= 0.3 is 0 Å². The third-order valence-electron chi connectivity index (χ3n) is 4.06. The summed E-state index contributed by atoms with van der Waals surface area (Å²) in [4.78, 5) is 0. The minimum absolute atomic E-state index is 0.744. The lowest BCUT2D eigenvalue weighted by Gasteiger charge is -2.34. The Morgan fingerprint density at radius 2 is 2.06 bits per heavy atom. The number of rotatable bonds is 5. The van der Waals surface area contributed by atoms with Gasteiger partial charge in [-0.1, -0.05) is 13.3 Å². The lowest BCUT2D eigenvalue weighted by Crippen LogP contribution is -2.41. The first-order valence-corrected chi connectivity index (χ1v) is 8.37. The molecule has 0 aromatic heterocycles. The van der Waals surface area contributed by atoms with E-state index in [0.717, 1.165) is 37.0 Å². The van der Waals surface area contributed by atoms with Gasteiger partial charge in [0, 0.05) is 24.5 Å². The molecule has 0 radical (unpaired) electrons. The fourth-order valence-corrected chi connectivity index (χ4v) is 4.50. The molecule has 3 heteroatoms. The van der Waals surface area contributed by atoms with Gasteiger partial charge in [-0.2, -0.15) is 11.8 Å². The zero-order valence-corrected chi connectivity index (χ0v) is 11.9. The highest BCUT2D eigenvalue weighted by atomic mass is 32.2. The Morgan fingerprint density at radius 1 is 1.24 bits per heavy atom. The van der Waals surface area contributed by atoms with E-state index in [2.05, 4.69) is 24.0 Å². The highest BCUT2D eigenvalue weighted by Gasteiger charge is 2.26. The van der Waals surface area contributed by atoms with E-state index in [-0.39, 0.29) is 0 Å². The number of ether oxygens (including phenoxy) is 1. The van der Waals surface area contributed by atoms with Crippen LogP contribution in [-0.4, -0.2) is 36.8 Å². The molecule has 100 valence electrons. The molecule has 2 atom stereocenters. The van der Waals surface area contributed by atoms with Crippen molar-refractivity contribution >= 4 is 11.8 Å². The van der Waals surface area contributed by atoms with E-state index >= 15 is 0 Å². The Hall–Kier alpha value is 0.270. The van der Waals surface area contributed by atoms with Crippen LogP contribution in [-0.2, 0) is 4.74 Å². The average molecular weight is 257 g/mol. The summed E-state index contributed by atoms with van der Waals surface area (Å²) < 4.78 is 5.46. The van der Waals surface area contributed by atoms with Crippen molar-refractivity contribution in [1.29, 1.82) is 0 Å². The second-order valence-electron chi connectivity index (χ2n) is 5.36. The normalized spacial score (nSPS) is 29.1. The van der Waals surface area contributed by atoms with Gasteiger partial charge in [-0.05, 0) is 50.3 Å². The van der Waals surface area contributed by atoms with E-state index in [0.29, 0.717) is 0 Å². The third kappa shape index (κ3) is 4.46. The highest BCUT2D eigenvalue weighted by molar-refractivity contribution is 8.00. The Kier molecular flexibility index (Phi) is 6.16. The largest absolute Gasteiger partial charge is 0.381 e. The molecule has 0 spiro atoms. The standard InChI is InChI=1S/C14H27NOS/c1-2-15-13(14-5-3-4-10-17-14)11-12-6-8-16-9-7-12/h12-15H,2-11H2,1H3. The van der Waals surface area contributed by atoms with Crippen LogP contribution in [0, 0.1) is 5.92 Å². The molecule has 0 aliphatic carbocycles. The molecule has 2 nitrogen and oxygen atoms in total. The van der Waals surface area contributed by atoms with Gasteiger partial charge in [-0.15, -0.1) is 0 Å². The van der Waals surface area contributed by atoms with Crippen LogP contribution in [0.25, 0.3) is 0 Å². The summed E-state index contributed by atoms with van der Waals surface area (Å²) in [5.74, 6) is 2.27. The monoisotopic (exact) mass is 257 g/mol. The molecule has 2 fully saturated rings. The molecule has 2 aliphatic rings. The maximum Gasteiger partial charge on any atom is 0.0468 e. The topological polar surface area (TPSA) is 21.3 Å². The minimum Gasteiger partial charge on any atom is -0.381 e. The molecule has 2 rings (SSSR count). The first kappa shape index (κ1) is 13.7. The number of hydrogen-bond acceptors (Lipinski definition) is 3. The van der Waals surface area contributed by atoms with E-state index in [1.807, 2.05) is 0 Å². The zero-order valence-electron chi connectivity index (χ0n) is 11.1. The van der Waals surface area contributed by atoms with Gasteiger partial charge < -0.3 is 10.1 Å². The molecule has 0 saturated carbocycles. The first-order valence-electron chi connectivity index (χ1n) is 7.33. The molecular weight excluding hydrogens is 230 g/mol. The second kappa shape index (κ2) is 7.65. The van der Waals surface area contributed by atoms with Crippen molar-refractivity contribution < 1.29 is 4.74 Å². The van der Waals surface area contributed by atoms with E-state index in [4.69, 9.17) is 4.74 Å². The Bertz CT molecular complexity index is 200. The van der Waals surface area contributed by atoms with Crippen LogP contribution >= 0.6 is 11.8 Å². The number of nitrogens with one attached hydrogen (secondary N) is 1. The molecule has 0 aromatic carbocycles. The molecule has 0 bridgehead atoms. The lowest BCUT2D eigenvalue weighted by molar-refractivity contribution is 0.0604. The van der Waals surface area contributed by atoms with Crippen molar-refractivity contribution in [3.63, 3.8) is 0 Å². The summed E-state index contributed by atoms with van der Waals surface area (Å²) >= 11 is 2.21. The fourth-order valence-electron chi connectivity index (χ4n) is 3.05. The molecule has 0 aromatic rings. The predicted molar refractivity (Wildman–Crippen MR) is 75.7 cm³/mol. The fraction of sp³-hybridized carbons (Fsp3) is 1.00. The van der Waals surface area contributed by atoms with Crippen molar-refractivity contribution in [3.8, 4) is 0 Å². The summed E-state index contributed by atoms with van der Waals surface area (Å²) in [6.07, 6.45) is 8.21. The smallest absolute Gasteiger partial charge is 0.0468 e. The number of thioether (sulfide) groups is 1. The second-order valence-corrected chi connectivity index (χ2v) is 6.71.